The molecule has 0 radical (unpaired) electrons. The summed E-state index contributed by atoms with van der Waals surface area (Å²) in [6.07, 6.45) is -2.06. The SMILES string of the molecule is CCOC(=O)c1cc(C#Cc2cncc(O)c2)cc(C(F)(F)F)c1. The van der Waals surface area contributed by atoms with Crippen molar-refractivity contribution in [2.75, 3.05) is 6.61 Å². The number of esters is 1. The van der Waals surface area contributed by atoms with Crippen LogP contribution in [-0.2, 0) is 10.9 Å². The number of ether oxygens (including phenoxy) is 1. The average Bonchev–Trinajstić information content (AvgIpc) is 2.52. The molecule has 0 unspecified atom stereocenters. The van der Waals surface area contributed by atoms with E-state index in [0.717, 1.165) is 12.1 Å². The van der Waals surface area contributed by atoms with Gasteiger partial charge < -0.3 is 9.84 Å². The number of halogens is 3. The summed E-state index contributed by atoms with van der Waals surface area (Å²) in [7, 11) is 0. The minimum Gasteiger partial charge on any atom is -0.506 e. The highest BCUT2D eigenvalue weighted by Gasteiger charge is 2.31. The van der Waals surface area contributed by atoms with Crippen LogP contribution in [0.4, 0.5) is 13.2 Å². The van der Waals surface area contributed by atoms with E-state index in [1.165, 1.54) is 24.5 Å². The van der Waals surface area contributed by atoms with E-state index >= 15 is 0 Å². The van der Waals surface area contributed by atoms with Gasteiger partial charge in [0.05, 0.1) is 23.9 Å². The van der Waals surface area contributed by atoms with Crippen molar-refractivity contribution >= 4 is 5.97 Å². The predicted molar refractivity (Wildman–Crippen MR) is 79.3 cm³/mol. The third-order valence-electron chi connectivity index (χ3n) is 2.85. The zero-order valence-electron chi connectivity index (χ0n) is 12.5. The monoisotopic (exact) mass is 335 g/mol. The van der Waals surface area contributed by atoms with E-state index in [4.69, 9.17) is 4.74 Å². The molecule has 1 heterocycles. The van der Waals surface area contributed by atoms with E-state index in [0.29, 0.717) is 5.56 Å². The van der Waals surface area contributed by atoms with E-state index in [-0.39, 0.29) is 23.5 Å². The zero-order valence-corrected chi connectivity index (χ0v) is 12.5. The van der Waals surface area contributed by atoms with Gasteiger partial charge in [0.25, 0.3) is 0 Å². The number of hydrogen-bond acceptors (Lipinski definition) is 4. The molecule has 0 spiro atoms. The lowest BCUT2D eigenvalue weighted by Gasteiger charge is -2.09. The Morgan fingerprint density at radius 1 is 1.17 bits per heavy atom. The lowest BCUT2D eigenvalue weighted by atomic mass is 10.0. The van der Waals surface area contributed by atoms with Gasteiger partial charge in [0.1, 0.15) is 5.75 Å². The number of aromatic hydroxyl groups is 1. The number of benzene rings is 1. The molecule has 0 aliphatic rings. The van der Waals surface area contributed by atoms with Crippen molar-refractivity contribution in [1.29, 1.82) is 0 Å². The Kier molecular flexibility index (Phi) is 5.09. The van der Waals surface area contributed by atoms with E-state index in [9.17, 15) is 23.1 Å². The molecule has 2 rings (SSSR count). The van der Waals surface area contributed by atoms with Crippen molar-refractivity contribution in [3.05, 3.63) is 58.9 Å². The summed E-state index contributed by atoms with van der Waals surface area (Å²) in [5.74, 6) is 4.15. The minimum atomic E-state index is -4.62. The summed E-state index contributed by atoms with van der Waals surface area (Å²) >= 11 is 0. The third kappa shape index (κ3) is 4.49. The molecule has 1 aromatic heterocycles. The maximum atomic E-state index is 13.0. The van der Waals surface area contributed by atoms with Crippen LogP contribution in [0.5, 0.6) is 5.75 Å². The van der Waals surface area contributed by atoms with Gasteiger partial charge in [-0.25, -0.2) is 4.79 Å². The molecule has 1 N–H and O–H groups in total. The van der Waals surface area contributed by atoms with E-state index in [1.807, 2.05) is 0 Å². The van der Waals surface area contributed by atoms with Crippen molar-refractivity contribution in [1.82, 2.24) is 4.98 Å². The molecule has 24 heavy (non-hydrogen) atoms. The number of aromatic nitrogens is 1. The average molecular weight is 335 g/mol. The van der Waals surface area contributed by atoms with Crippen molar-refractivity contribution < 1.29 is 27.8 Å². The number of carbonyl (C=O) groups is 1. The van der Waals surface area contributed by atoms with Gasteiger partial charge in [-0.3, -0.25) is 4.98 Å². The molecule has 0 aliphatic heterocycles. The van der Waals surface area contributed by atoms with E-state index in [1.54, 1.807) is 6.92 Å². The molecule has 0 aliphatic carbocycles. The first-order valence-electron chi connectivity index (χ1n) is 6.85. The van der Waals surface area contributed by atoms with Gasteiger partial charge in [-0.15, -0.1) is 0 Å². The molecule has 0 amide bonds. The molecule has 124 valence electrons. The summed E-state index contributed by atoms with van der Waals surface area (Å²) in [5, 5.41) is 9.30. The Balaban J connectivity index is 2.46. The van der Waals surface area contributed by atoms with Gasteiger partial charge in [0.15, 0.2) is 0 Å². The maximum Gasteiger partial charge on any atom is 0.416 e. The van der Waals surface area contributed by atoms with Crippen LogP contribution in [0, 0.1) is 11.8 Å². The molecule has 0 atom stereocenters. The number of pyridine rings is 1. The van der Waals surface area contributed by atoms with Crippen LogP contribution in [0.2, 0.25) is 0 Å². The number of nitrogens with zero attached hydrogens (tertiary/aromatic N) is 1. The number of alkyl halides is 3. The lowest BCUT2D eigenvalue weighted by molar-refractivity contribution is -0.137. The molecular weight excluding hydrogens is 323 g/mol. The quantitative estimate of drug-likeness (QED) is 0.675. The van der Waals surface area contributed by atoms with E-state index in [2.05, 4.69) is 16.8 Å². The maximum absolute atomic E-state index is 13.0. The number of hydrogen-bond donors (Lipinski definition) is 1. The molecule has 0 fully saturated rings. The highest BCUT2D eigenvalue weighted by Crippen LogP contribution is 2.30. The molecule has 0 bridgehead atoms. The molecule has 1 aromatic carbocycles. The molecule has 7 heteroatoms. The Morgan fingerprint density at radius 3 is 2.50 bits per heavy atom. The molecule has 0 saturated carbocycles. The third-order valence-corrected chi connectivity index (χ3v) is 2.85. The van der Waals surface area contributed by atoms with Crippen LogP contribution in [0.3, 0.4) is 0 Å². The van der Waals surface area contributed by atoms with Crippen molar-refractivity contribution in [3.63, 3.8) is 0 Å². The fraction of sp³-hybridized carbons (Fsp3) is 0.176. The van der Waals surface area contributed by atoms with Gasteiger partial charge in [0, 0.05) is 17.3 Å². The highest BCUT2D eigenvalue weighted by molar-refractivity contribution is 5.90. The van der Waals surface area contributed by atoms with Crippen LogP contribution in [0.1, 0.15) is 34.0 Å². The molecule has 4 nitrogen and oxygen atoms in total. The first-order valence-corrected chi connectivity index (χ1v) is 6.85. The topological polar surface area (TPSA) is 59.4 Å². The van der Waals surface area contributed by atoms with Gasteiger partial charge in [-0.2, -0.15) is 13.2 Å². The Hall–Kier alpha value is -3.01. The first kappa shape index (κ1) is 17.3. The number of carbonyl (C=O) groups excluding carboxylic acids is 1. The first-order chi connectivity index (χ1) is 11.3. The van der Waals surface area contributed by atoms with Crippen LogP contribution in [0.25, 0.3) is 0 Å². The zero-order chi connectivity index (χ0) is 17.7. The summed E-state index contributed by atoms with van der Waals surface area (Å²) in [6.45, 7) is 1.60. The Bertz CT molecular complexity index is 820. The van der Waals surface area contributed by atoms with Gasteiger partial charge in [-0.05, 0) is 31.2 Å². The lowest BCUT2D eigenvalue weighted by Crippen LogP contribution is -2.10. The standard InChI is InChI=1S/C17H12F3NO3/c1-2-24-16(23)13-5-11(6-14(8-13)17(18,19)20)3-4-12-7-15(22)10-21-9-12/h5-10,22H,2H2,1H3. The fourth-order valence-electron chi connectivity index (χ4n) is 1.84. The van der Waals surface area contributed by atoms with Crippen molar-refractivity contribution in [2.24, 2.45) is 0 Å². The van der Waals surface area contributed by atoms with Gasteiger partial charge >= 0.3 is 12.1 Å². The van der Waals surface area contributed by atoms with Crippen LogP contribution < -0.4 is 0 Å². The van der Waals surface area contributed by atoms with Crippen LogP contribution in [-0.4, -0.2) is 22.7 Å². The molecular formula is C17H12F3NO3. The van der Waals surface area contributed by atoms with Crippen molar-refractivity contribution in [2.45, 2.75) is 13.1 Å². The minimum absolute atomic E-state index is 0.00350. The Labute approximate surface area is 135 Å². The van der Waals surface area contributed by atoms with Gasteiger partial charge in [-0.1, -0.05) is 11.8 Å². The largest absolute Gasteiger partial charge is 0.506 e. The second-order valence-corrected chi connectivity index (χ2v) is 4.70. The summed E-state index contributed by atoms with van der Waals surface area (Å²) in [6, 6.07) is 4.10. The summed E-state index contributed by atoms with van der Waals surface area (Å²) in [4.78, 5) is 15.4. The van der Waals surface area contributed by atoms with E-state index < -0.39 is 17.7 Å². The fourth-order valence-corrected chi connectivity index (χ4v) is 1.84. The summed E-state index contributed by atoms with van der Waals surface area (Å²) in [5.41, 5.74) is -0.905. The molecule has 0 saturated heterocycles. The Morgan fingerprint density at radius 2 is 1.88 bits per heavy atom. The second-order valence-electron chi connectivity index (χ2n) is 4.70. The second kappa shape index (κ2) is 7.04. The van der Waals surface area contributed by atoms with Crippen molar-refractivity contribution in [3.8, 4) is 17.6 Å². The smallest absolute Gasteiger partial charge is 0.416 e. The highest BCUT2D eigenvalue weighted by atomic mass is 19.4. The normalized spacial score (nSPS) is 10.7. The van der Waals surface area contributed by atoms with Crippen LogP contribution >= 0.6 is 0 Å². The van der Waals surface area contributed by atoms with Gasteiger partial charge in [0.2, 0.25) is 0 Å². The number of rotatable bonds is 2. The molecule has 2 aromatic rings. The summed E-state index contributed by atoms with van der Waals surface area (Å²) < 4.78 is 43.6. The predicted octanol–water partition coefficient (Wildman–Crippen LogP) is 3.38. The van der Waals surface area contributed by atoms with Crippen LogP contribution in [0.15, 0.2) is 36.7 Å².